The fraction of sp³-hybridized carbons (Fsp3) is 0.316. The summed E-state index contributed by atoms with van der Waals surface area (Å²) in [6.07, 6.45) is 2.69. The number of esters is 1. The average molecular weight is 468 g/mol. The molecule has 0 unspecified atom stereocenters. The van der Waals surface area contributed by atoms with Gasteiger partial charge < -0.3 is 10.1 Å². The number of amides is 1. The Morgan fingerprint density at radius 2 is 2.00 bits per heavy atom. The predicted molar refractivity (Wildman–Crippen MR) is 112 cm³/mol. The Kier molecular flexibility index (Phi) is 6.77. The van der Waals surface area contributed by atoms with Crippen LogP contribution >= 0.6 is 22.9 Å². The molecule has 0 fully saturated rings. The predicted octanol–water partition coefficient (Wildman–Crippen LogP) is 2.56. The maximum Gasteiger partial charge on any atom is 0.321 e. The van der Waals surface area contributed by atoms with E-state index in [9.17, 15) is 23.3 Å². The number of thiophene rings is 1. The number of anilines is 1. The molecule has 0 atom stereocenters. The molecule has 0 aliphatic heterocycles. The summed E-state index contributed by atoms with van der Waals surface area (Å²) in [5, 5.41) is 12.8. The monoisotopic (exact) mass is 467 g/mol. The van der Waals surface area contributed by atoms with Crippen LogP contribution in [0, 0.1) is 11.3 Å². The Balaban J connectivity index is 1.54. The van der Waals surface area contributed by atoms with Gasteiger partial charge in [0.1, 0.15) is 17.6 Å². The lowest BCUT2D eigenvalue weighted by Gasteiger charge is -2.16. The van der Waals surface area contributed by atoms with E-state index in [1.807, 2.05) is 0 Å². The molecule has 3 rings (SSSR count). The molecular formula is C19H18ClN3O5S2. The van der Waals surface area contributed by atoms with E-state index in [1.54, 1.807) is 0 Å². The lowest BCUT2D eigenvalue weighted by molar-refractivity contribution is -0.147. The van der Waals surface area contributed by atoms with E-state index in [-0.39, 0.29) is 4.90 Å². The minimum Gasteiger partial charge on any atom is -0.455 e. The summed E-state index contributed by atoms with van der Waals surface area (Å²) >= 11 is 7.11. The third-order valence-electron chi connectivity index (χ3n) is 4.52. The second-order valence-electron chi connectivity index (χ2n) is 6.60. The van der Waals surface area contributed by atoms with Crippen molar-refractivity contribution in [2.75, 3.05) is 25.5 Å². The molecule has 1 aliphatic rings. The summed E-state index contributed by atoms with van der Waals surface area (Å²) in [4.78, 5) is 25.2. The van der Waals surface area contributed by atoms with E-state index in [4.69, 9.17) is 16.3 Å². The van der Waals surface area contributed by atoms with Gasteiger partial charge >= 0.3 is 5.97 Å². The molecule has 0 saturated carbocycles. The van der Waals surface area contributed by atoms with Gasteiger partial charge in [-0.15, -0.1) is 11.3 Å². The van der Waals surface area contributed by atoms with Crippen LogP contribution in [0.3, 0.4) is 0 Å². The van der Waals surface area contributed by atoms with Gasteiger partial charge in [-0.1, -0.05) is 11.6 Å². The number of benzene rings is 1. The molecule has 0 bridgehead atoms. The van der Waals surface area contributed by atoms with Crippen LogP contribution in [0.2, 0.25) is 5.02 Å². The van der Waals surface area contributed by atoms with Gasteiger partial charge in [-0.2, -0.15) is 9.57 Å². The number of sulfonamides is 1. The van der Waals surface area contributed by atoms with Crippen LogP contribution in [0.4, 0.5) is 5.00 Å². The fourth-order valence-corrected chi connectivity index (χ4v) is 5.52. The number of nitriles is 1. The lowest BCUT2D eigenvalue weighted by Crippen LogP contribution is -2.34. The number of carbonyl (C=O) groups is 2. The Morgan fingerprint density at radius 1 is 1.30 bits per heavy atom. The van der Waals surface area contributed by atoms with Crippen molar-refractivity contribution in [3.63, 3.8) is 0 Å². The highest BCUT2D eigenvalue weighted by Crippen LogP contribution is 2.38. The second-order valence-corrected chi connectivity index (χ2v) is 10.2. The minimum atomic E-state index is -3.91. The summed E-state index contributed by atoms with van der Waals surface area (Å²) in [6, 6.07) is 7.64. The van der Waals surface area contributed by atoms with Gasteiger partial charge in [-0.25, -0.2) is 8.42 Å². The summed E-state index contributed by atoms with van der Waals surface area (Å²) < 4.78 is 30.6. The standard InChI is InChI=1S/C19H18ClN3O5S2/c1-23(30(26,27)13-7-5-12(20)6-8-13)10-18(25)28-11-17(24)22-19-15(9-21)14-3-2-4-16(14)29-19/h5-8H,2-4,10-11H2,1H3,(H,22,24). The first-order chi connectivity index (χ1) is 14.2. The van der Waals surface area contributed by atoms with Crippen LogP contribution in [-0.2, 0) is 37.2 Å². The summed E-state index contributed by atoms with van der Waals surface area (Å²) in [6.45, 7) is -1.14. The minimum absolute atomic E-state index is 0.0188. The Morgan fingerprint density at radius 3 is 2.67 bits per heavy atom. The molecule has 1 amide bonds. The van der Waals surface area contributed by atoms with Crippen LogP contribution in [0.1, 0.15) is 22.4 Å². The highest BCUT2D eigenvalue weighted by Gasteiger charge is 2.25. The number of ether oxygens (including phenoxy) is 1. The number of likely N-dealkylation sites (N-methyl/N-ethyl adjacent to an activating group) is 1. The topological polar surface area (TPSA) is 117 Å². The molecule has 158 valence electrons. The quantitative estimate of drug-likeness (QED) is 0.625. The Hall–Kier alpha value is -2.45. The number of nitrogens with zero attached hydrogens (tertiary/aromatic N) is 2. The molecule has 11 heteroatoms. The van der Waals surface area contributed by atoms with Crippen LogP contribution in [0.15, 0.2) is 29.2 Å². The maximum atomic E-state index is 12.5. The van der Waals surface area contributed by atoms with Gasteiger partial charge in [0.05, 0.1) is 10.5 Å². The van der Waals surface area contributed by atoms with Gasteiger partial charge in [-0.05, 0) is 49.1 Å². The molecule has 1 aliphatic carbocycles. The molecule has 1 aromatic carbocycles. The second kappa shape index (κ2) is 9.14. The van der Waals surface area contributed by atoms with E-state index < -0.39 is 35.1 Å². The van der Waals surface area contributed by atoms with Crippen molar-refractivity contribution in [2.24, 2.45) is 0 Å². The van der Waals surface area contributed by atoms with Gasteiger partial charge in [0.25, 0.3) is 5.91 Å². The first kappa shape index (κ1) is 22.2. The van der Waals surface area contributed by atoms with Crippen LogP contribution in [-0.4, -0.2) is 44.8 Å². The fourth-order valence-electron chi connectivity index (χ4n) is 3.02. The average Bonchev–Trinajstić information content (AvgIpc) is 3.27. The third kappa shape index (κ3) is 4.82. The first-order valence-electron chi connectivity index (χ1n) is 8.94. The number of nitrogens with one attached hydrogen (secondary N) is 1. The van der Waals surface area contributed by atoms with Crippen LogP contribution in [0.5, 0.6) is 0 Å². The van der Waals surface area contributed by atoms with Gasteiger partial charge in [0.15, 0.2) is 6.61 Å². The summed E-state index contributed by atoms with van der Waals surface area (Å²) in [5.41, 5.74) is 1.43. The SMILES string of the molecule is CN(CC(=O)OCC(=O)Nc1sc2c(c1C#N)CCC2)S(=O)(=O)c1ccc(Cl)cc1. The first-order valence-corrected chi connectivity index (χ1v) is 11.6. The molecule has 1 N–H and O–H groups in total. The van der Waals surface area contributed by atoms with Crippen LogP contribution < -0.4 is 5.32 Å². The van der Waals surface area contributed by atoms with Crippen molar-refractivity contribution in [1.29, 1.82) is 5.26 Å². The molecular weight excluding hydrogens is 450 g/mol. The third-order valence-corrected chi connectivity index (χ3v) is 7.80. The zero-order valence-corrected chi connectivity index (χ0v) is 18.4. The lowest BCUT2D eigenvalue weighted by atomic mass is 10.1. The van der Waals surface area contributed by atoms with Crippen molar-refractivity contribution in [1.82, 2.24) is 4.31 Å². The number of aryl methyl sites for hydroxylation is 1. The molecule has 8 nitrogen and oxygen atoms in total. The number of hydrogen-bond acceptors (Lipinski definition) is 7. The van der Waals surface area contributed by atoms with Crippen molar-refractivity contribution >= 4 is 49.8 Å². The van der Waals surface area contributed by atoms with E-state index in [2.05, 4.69) is 11.4 Å². The van der Waals surface area contributed by atoms with Crippen molar-refractivity contribution < 1.29 is 22.7 Å². The van der Waals surface area contributed by atoms with Gasteiger partial charge in [0, 0.05) is 16.9 Å². The number of rotatable bonds is 7. The van der Waals surface area contributed by atoms with Crippen molar-refractivity contribution in [3.05, 3.63) is 45.3 Å². The highest BCUT2D eigenvalue weighted by atomic mass is 35.5. The number of halogens is 1. The smallest absolute Gasteiger partial charge is 0.321 e. The summed E-state index contributed by atoms with van der Waals surface area (Å²) in [5.74, 6) is -1.47. The number of carbonyl (C=O) groups excluding carboxylic acids is 2. The van der Waals surface area contributed by atoms with E-state index >= 15 is 0 Å². The molecule has 0 radical (unpaired) electrons. The van der Waals surface area contributed by atoms with Crippen LogP contribution in [0.25, 0.3) is 0 Å². The molecule has 2 aromatic rings. The highest BCUT2D eigenvalue weighted by molar-refractivity contribution is 7.89. The molecule has 0 spiro atoms. The van der Waals surface area contributed by atoms with E-state index in [1.165, 1.54) is 42.6 Å². The van der Waals surface area contributed by atoms with E-state index in [0.717, 1.165) is 34.0 Å². The summed E-state index contributed by atoms with van der Waals surface area (Å²) in [7, 11) is -2.67. The van der Waals surface area contributed by atoms with Crippen molar-refractivity contribution in [2.45, 2.75) is 24.2 Å². The van der Waals surface area contributed by atoms with Gasteiger partial charge in [0.2, 0.25) is 10.0 Å². The molecule has 1 heterocycles. The molecule has 1 aromatic heterocycles. The van der Waals surface area contributed by atoms with Gasteiger partial charge in [-0.3, -0.25) is 9.59 Å². The zero-order valence-electron chi connectivity index (χ0n) is 16.0. The Labute approximate surface area is 183 Å². The van der Waals surface area contributed by atoms with Crippen molar-refractivity contribution in [3.8, 4) is 6.07 Å². The molecule has 0 saturated heterocycles. The maximum absolute atomic E-state index is 12.5. The number of fused-ring (bicyclic) bond motifs is 1. The Bertz CT molecular complexity index is 1120. The largest absolute Gasteiger partial charge is 0.455 e. The zero-order chi connectivity index (χ0) is 21.9. The normalized spacial score (nSPS) is 13.0. The van der Waals surface area contributed by atoms with E-state index in [0.29, 0.717) is 15.6 Å². The number of hydrogen-bond donors (Lipinski definition) is 1. The molecule has 30 heavy (non-hydrogen) atoms.